The van der Waals surface area contributed by atoms with E-state index in [2.05, 4.69) is 51.1 Å². The van der Waals surface area contributed by atoms with Crippen LogP contribution in [0.1, 0.15) is 43.6 Å². The highest BCUT2D eigenvalue weighted by molar-refractivity contribution is 5.39. The Bertz CT molecular complexity index is 555. The zero-order valence-electron chi connectivity index (χ0n) is 13.0. The molecule has 0 bridgehead atoms. The summed E-state index contributed by atoms with van der Waals surface area (Å²) in [5.74, 6) is 0. The van der Waals surface area contributed by atoms with Gasteiger partial charge in [-0.25, -0.2) is 0 Å². The number of benzene rings is 2. The molecule has 1 atom stereocenters. The molecule has 0 aliphatic carbocycles. The molecule has 0 radical (unpaired) electrons. The highest BCUT2D eigenvalue weighted by Crippen LogP contribution is 2.34. The third kappa shape index (κ3) is 3.93. The Hall–Kier alpha value is -1.64. The van der Waals surface area contributed by atoms with E-state index >= 15 is 0 Å². The fourth-order valence-corrected chi connectivity index (χ4v) is 2.57. The summed E-state index contributed by atoms with van der Waals surface area (Å²) in [6.07, 6.45) is -0.145. The maximum absolute atomic E-state index is 9.11. The van der Waals surface area contributed by atoms with Gasteiger partial charge >= 0.3 is 0 Å². The van der Waals surface area contributed by atoms with Crippen LogP contribution in [0.2, 0.25) is 0 Å². The molecule has 0 spiro atoms. The first-order valence-corrected chi connectivity index (χ1v) is 7.41. The van der Waals surface area contributed by atoms with Crippen LogP contribution in [0, 0.1) is 0 Å². The molecule has 0 amide bonds. The van der Waals surface area contributed by atoms with Crippen LogP contribution in [0.5, 0.6) is 0 Å². The van der Waals surface area contributed by atoms with Gasteiger partial charge in [0.25, 0.3) is 0 Å². The quantitative estimate of drug-likeness (QED) is 0.896. The molecular weight excluding hydrogens is 260 g/mol. The molecule has 2 aromatic carbocycles. The topological polar surface area (TPSA) is 29.5 Å². The van der Waals surface area contributed by atoms with E-state index in [0.717, 1.165) is 5.56 Å². The molecule has 1 unspecified atom stereocenters. The van der Waals surface area contributed by atoms with Gasteiger partial charge in [0.1, 0.15) is 6.10 Å². The van der Waals surface area contributed by atoms with Crippen LogP contribution in [0.4, 0.5) is 0 Å². The Kier molecular flexibility index (Phi) is 5.16. The number of aliphatic hydroxyl groups is 1. The molecule has 2 heteroatoms. The molecule has 0 saturated heterocycles. The number of ether oxygens (including phenoxy) is 1. The first-order chi connectivity index (χ1) is 10.0. The Morgan fingerprint density at radius 3 is 2.19 bits per heavy atom. The zero-order valence-corrected chi connectivity index (χ0v) is 13.0. The summed E-state index contributed by atoms with van der Waals surface area (Å²) in [6.45, 7) is 6.98. The fraction of sp³-hybridized carbons (Fsp3) is 0.368. The SMILES string of the molecule is CC(C)(C)c1ccccc1C(OCCO)c1ccccc1. The van der Waals surface area contributed by atoms with Gasteiger partial charge in [-0.15, -0.1) is 0 Å². The average molecular weight is 284 g/mol. The lowest BCUT2D eigenvalue weighted by molar-refractivity contribution is 0.0493. The lowest BCUT2D eigenvalue weighted by Gasteiger charge is -2.28. The summed E-state index contributed by atoms with van der Waals surface area (Å²) in [6, 6.07) is 18.6. The van der Waals surface area contributed by atoms with E-state index in [4.69, 9.17) is 9.84 Å². The van der Waals surface area contributed by atoms with Crippen molar-refractivity contribution in [3.63, 3.8) is 0 Å². The first kappa shape index (κ1) is 15.7. The number of hydrogen-bond acceptors (Lipinski definition) is 2. The van der Waals surface area contributed by atoms with Crippen molar-refractivity contribution in [2.75, 3.05) is 13.2 Å². The second kappa shape index (κ2) is 6.88. The molecule has 0 heterocycles. The first-order valence-electron chi connectivity index (χ1n) is 7.41. The van der Waals surface area contributed by atoms with Crippen LogP contribution >= 0.6 is 0 Å². The summed E-state index contributed by atoms with van der Waals surface area (Å²) in [5.41, 5.74) is 3.61. The van der Waals surface area contributed by atoms with Crippen LogP contribution in [0.15, 0.2) is 54.6 Å². The molecule has 1 N–H and O–H groups in total. The highest BCUT2D eigenvalue weighted by atomic mass is 16.5. The van der Waals surface area contributed by atoms with Crippen molar-refractivity contribution in [3.05, 3.63) is 71.3 Å². The molecule has 0 fully saturated rings. The normalized spacial score (nSPS) is 13.1. The lowest BCUT2D eigenvalue weighted by atomic mass is 9.81. The van der Waals surface area contributed by atoms with Gasteiger partial charge in [0.2, 0.25) is 0 Å². The van der Waals surface area contributed by atoms with E-state index < -0.39 is 0 Å². The van der Waals surface area contributed by atoms with Crippen LogP contribution in [0.3, 0.4) is 0 Å². The van der Waals surface area contributed by atoms with Gasteiger partial charge in [0, 0.05) is 0 Å². The molecule has 0 aromatic heterocycles. The standard InChI is InChI=1S/C19H24O2/c1-19(2,3)17-12-8-7-11-16(17)18(21-14-13-20)15-9-5-4-6-10-15/h4-12,18,20H,13-14H2,1-3H3. The molecule has 0 saturated carbocycles. The van der Waals surface area contributed by atoms with Crippen molar-refractivity contribution in [1.82, 2.24) is 0 Å². The monoisotopic (exact) mass is 284 g/mol. The molecule has 0 aliphatic heterocycles. The Labute approximate surface area is 127 Å². The Morgan fingerprint density at radius 1 is 0.952 bits per heavy atom. The summed E-state index contributed by atoms with van der Waals surface area (Å²) >= 11 is 0. The maximum atomic E-state index is 9.11. The van der Waals surface area contributed by atoms with Crippen molar-refractivity contribution < 1.29 is 9.84 Å². The maximum Gasteiger partial charge on any atom is 0.108 e. The molecule has 112 valence electrons. The molecule has 0 aliphatic rings. The Balaban J connectivity index is 2.47. The molecule has 2 nitrogen and oxygen atoms in total. The van der Waals surface area contributed by atoms with E-state index in [9.17, 15) is 0 Å². The molecule has 2 aromatic rings. The predicted octanol–water partition coefficient (Wildman–Crippen LogP) is 4.08. The van der Waals surface area contributed by atoms with Gasteiger partial charge < -0.3 is 9.84 Å². The second-order valence-electron chi connectivity index (χ2n) is 6.22. The minimum Gasteiger partial charge on any atom is -0.394 e. The minimum absolute atomic E-state index is 0.0288. The third-order valence-electron chi connectivity index (χ3n) is 3.53. The van der Waals surface area contributed by atoms with Gasteiger partial charge in [-0.1, -0.05) is 75.4 Å². The summed E-state index contributed by atoms with van der Waals surface area (Å²) in [5, 5.41) is 9.11. The van der Waals surface area contributed by atoms with E-state index in [1.807, 2.05) is 24.3 Å². The highest BCUT2D eigenvalue weighted by Gasteiger charge is 2.24. The number of aliphatic hydroxyl groups excluding tert-OH is 1. The van der Waals surface area contributed by atoms with Gasteiger partial charge in [-0.3, -0.25) is 0 Å². The van der Waals surface area contributed by atoms with Crippen LogP contribution < -0.4 is 0 Å². The van der Waals surface area contributed by atoms with Gasteiger partial charge in [-0.2, -0.15) is 0 Å². The van der Waals surface area contributed by atoms with E-state index in [0.29, 0.717) is 6.61 Å². The van der Waals surface area contributed by atoms with Crippen molar-refractivity contribution in [3.8, 4) is 0 Å². The fourth-order valence-electron chi connectivity index (χ4n) is 2.57. The lowest BCUT2D eigenvalue weighted by Crippen LogP contribution is -2.18. The van der Waals surface area contributed by atoms with Gasteiger partial charge in [-0.05, 0) is 22.1 Å². The summed E-state index contributed by atoms with van der Waals surface area (Å²) < 4.78 is 5.95. The number of rotatable bonds is 5. The van der Waals surface area contributed by atoms with E-state index in [1.165, 1.54) is 11.1 Å². The summed E-state index contributed by atoms with van der Waals surface area (Å²) in [4.78, 5) is 0. The molecule has 21 heavy (non-hydrogen) atoms. The van der Waals surface area contributed by atoms with Crippen molar-refractivity contribution >= 4 is 0 Å². The summed E-state index contributed by atoms with van der Waals surface area (Å²) in [7, 11) is 0. The predicted molar refractivity (Wildman–Crippen MR) is 86.5 cm³/mol. The molecule has 2 rings (SSSR count). The van der Waals surface area contributed by atoms with Gasteiger partial charge in [0.05, 0.1) is 13.2 Å². The van der Waals surface area contributed by atoms with E-state index in [-0.39, 0.29) is 18.1 Å². The van der Waals surface area contributed by atoms with Gasteiger partial charge in [0.15, 0.2) is 0 Å². The minimum atomic E-state index is -0.145. The number of hydrogen-bond donors (Lipinski definition) is 1. The zero-order chi connectivity index (χ0) is 15.3. The smallest absolute Gasteiger partial charge is 0.108 e. The van der Waals surface area contributed by atoms with Crippen molar-refractivity contribution in [2.45, 2.75) is 32.3 Å². The largest absolute Gasteiger partial charge is 0.394 e. The van der Waals surface area contributed by atoms with Crippen LogP contribution in [-0.2, 0) is 10.2 Å². The van der Waals surface area contributed by atoms with E-state index in [1.54, 1.807) is 0 Å². The molecular formula is C19H24O2. The second-order valence-corrected chi connectivity index (χ2v) is 6.22. The average Bonchev–Trinajstić information content (AvgIpc) is 2.48. The van der Waals surface area contributed by atoms with Crippen LogP contribution in [0.25, 0.3) is 0 Å². The van der Waals surface area contributed by atoms with Crippen LogP contribution in [-0.4, -0.2) is 18.3 Å². The van der Waals surface area contributed by atoms with Crippen molar-refractivity contribution in [1.29, 1.82) is 0 Å². The Morgan fingerprint density at radius 2 is 1.57 bits per heavy atom. The third-order valence-corrected chi connectivity index (χ3v) is 3.53. The van der Waals surface area contributed by atoms with Crippen molar-refractivity contribution in [2.24, 2.45) is 0 Å².